The maximum absolute atomic E-state index is 13.9. The minimum atomic E-state index is -0.736. The zero-order chi connectivity index (χ0) is 20.1. The number of halogens is 1. The van der Waals surface area contributed by atoms with Gasteiger partial charge in [0.1, 0.15) is 11.6 Å². The Morgan fingerprint density at radius 1 is 1.14 bits per heavy atom. The van der Waals surface area contributed by atoms with E-state index >= 15 is 0 Å². The molecule has 0 saturated carbocycles. The molecule has 6 nitrogen and oxygen atoms in total. The molecule has 0 aliphatic carbocycles. The highest BCUT2D eigenvalue weighted by molar-refractivity contribution is 6.01. The van der Waals surface area contributed by atoms with E-state index in [1.54, 1.807) is 30.3 Å². The van der Waals surface area contributed by atoms with Crippen molar-refractivity contribution < 1.29 is 28.2 Å². The number of anilines is 1. The van der Waals surface area contributed by atoms with Crippen LogP contribution in [0.5, 0.6) is 5.75 Å². The number of para-hydroxylation sites is 1. The van der Waals surface area contributed by atoms with E-state index in [1.165, 1.54) is 23.1 Å². The number of benzene rings is 2. The van der Waals surface area contributed by atoms with E-state index in [4.69, 9.17) is 9.47 Å². The lowest BCUT2D eigenvalue weighted by atomic mass is 10.1. The molecule has 0 spiro atoms. The van der Waals surface area contributed by atoms with Gasteiger partial charge in [-0.2, -0.15) is 0 Å². The molecular weight excluding hydrogens is 365 g/mol. The molecule has 146 valence electrons. The minimum Gasteiger partial charge on any atom is -0.494 e. The number of hydrogen-bond acceptors (Lipinski definition) is 5. The highest BCUT2D eigenvalue weighted by Gasteiger charge is 2.37. The Morgan fingerprint density at radius 2 is 1.86 bits per heavy atom. The van der Waals surface area contributed by atoms with Crippen LogP contribution in [-0.2, 0) is 14.3 Å². The summed E-state index contributed by atoms with van der Waals surface area (Å²) in [5, 5.41) is 0. The Hall–Kier alpha value is -3.22. The second kappa shape index (κ2) is 8.65. The summed E-state index contributed by atoms with van der Waals surface area (Å²) in [5.41, 5.74) is 0.528. The number of hydrogen-bond donors (Lipinski definition) is 0. The third-order valence-corrected chi connectivity index (χ3v) is 4.43. The lowest BCUT2D eigenvalue weighted by molar-refractivity contribution is -0.147. The van der Waals surface area contributed by atoms with E-state index in [2.05, 4.69) is 0 Å². The quantitative estimate of drug-likeness (QED) is 0.541. The van der Waals surface area contributed by atoms with Crippen LogP contribution in [0.3, 0.4) is 0 Å². The van der Waals surface area contributed by atoms with Gasteiger partial charge < -0.3 is 14.4 Å². The zero-order valence-corrected chi connectivity index (χ0v) is 15.4. The SMILES string of the molecule is CCOc1ccc(C(=O)COC(=O)[C@H]2CC(=O)N(c3ccccc3F)C2)cc1. The minimum absolute atomic E-state index is 0.0237. The molecule has 1 aliphatic rings. The second-order valence-electron chi connectivity index (χ2n) is 6.35. The van der Waals surface area contributed by atoms with Crippen molar-refractivity contribution in [3.8, 4) is 5.75 Å². The highest BCUT2D eigenvalue weighted by Crippen LogP contribution is 2.27. The summed E-state index contributed by atoms with van der Waals surface area (Å²) < 4.78 is 24.3. The molecule has 1 amide bonds. The number of carbonyl (C=O) groups excluding carboxylic acids is 3. The van der Waals surface area contributed by atoms with Crippen LogP contribution in [0.15, 0.2) is 48.5 Å². The molecule has 3 rings (SSSR count). The molecule has 0 aromatic heterocycles. The Bertz CT molecular complexity index is 881. The summed E-state index contributed by atoms with van der Waals surface area (Å²) in [7, 11) is 0. The van der Waals surface area contributed by atoms with Crippen molar-refractivity contribution >= 4 is 23.3 Å². The van der Waals surface area contributed by atoms with Gasteiger partial charge in [-0.3, -0.25) is 14.4 Å². The monoisotopic (exact) mass is 385 g/mol. The van der Waals surface area contributed by atoms with E-state index < -0.39 is 24.3 Å². The third kappa shape index (κ3) is 4.36. The predicted octanol–water partition coefficient (Wildman–Crippen LogP) is 3.00. The Labute approximate surface area is 161 Å². The maximum atomic E-state index is 13.9. The van der Waals surface area contributed by atoms with E-state index in [1.807, 2.05) is 6.92 Å². The molecule has 28 heavy (non-hydrogen) atoms. The fourth-order valence-electron chi connectivity index (χ4n) is 3.01. The van der Waals surface area contributed by atoms with Gasteiger partial charge in [-0.1, -0.05) is 12.1 Å². The zero-order valence-electron chi connectivity index (χ0n) is 15.4. The number of rotatable bonds is 7. The average molecular weight is 385 g/mol. The molecule has 0 radical (unpaired) electrons. The van der Waals surface area contributed by atoms with Crippen LogP contribution in [0.1, 0.15) is 23.7 Å². The van der Waals surface area contributed by atoms with Crippen LogP contribution >= 0.6 is 0 Å². The topological polar surface area (TPSA) is 72.9 Å². The summed E-state index contributed by atoms with van der Waals surface area (Å²) in [5.74, 6) is -1.98. The van der Waals surface area contributed by atoms with Crippen LogP contribution in [0.25, 0.3) is 0 Å². The molecule has 1 saturated heterocycles. The summed E-state index contributed by atoms with van der Waals surface area (Å²) in [6.45, 7) is 1.99. The lowest BCUT2D eigenvalue weighted by Crippen LogP contribution is -2.27. The van der Waals surface area contributed by atoms with E-state index in [9.17, 15) is 18.8 Å². The van der Waals surface area contributed by atoms with Gasteiger partial charge >= 0.3 is 5.97 Å². The van der Waals surface area contributed by atoms with Gasteiger partial charge in [-0.05, 0) is 43.3 Å². The second-order valence-corrected chi connectivity index (χ2v) is 6.35. The van der Waals surface area contributed by atoms with E-state index in [-0.39, 0.29) is 30.3 Å². The van der Waals surface area contributed by atoms with Gasteiger partial charge in [-0.25, -0.2) is 4.39 Å². The Balaban J connectivity index is 1.56. The molecule has 1 fully saturated rings. The number of ether oxygens (including phenoxy) is 2. The standard InChI is InChI=1S/C21H20FNO5/c1-2-27-16-9-7-14(8-10-16)19(24)13-28-21(26)15-11-20(25)23(12-15)18-6-4-3-5-17(18)22/h3-10,15H,2,11-13H2,1H3/t15-/m0/s1. The molecule has 2 aromatic rings. The molecule has 7 heteroatoms. The molecular formula is C21H20FNO5. The van der Waals surface area contributed by atoms with Gasteiger partial charge in [-0.15, -0.1) is 0 Å². The van der Waals surface area contributed by atoms with Gasteiger partial charge in [0.2, 0.25) is 5.91 Å². The Morgan fingerprint density at radius 3 is 2.54 bits per heavy atom. The number of amides is 1. The first kappa shape index (κ1) is 19.5. The average Bonchev–Trinajstić information content (AvgIpc) is 3.08. The van der Waals surface area contributed by atoms with Crippen LogP contribution < -0.4 is 9.64 Å². The van der Waals surface area contributed by atoms with Crippen LogP contribution in [-0.4, -0.2) is 37.4 Å². The molecule has 2 aromatic carbocycles. The predicted molar refractivity (Wildman–Crippen MR) is 99.8 cm³/mol. The summed E-state index contributed by atoms with van der Waals surface area (Å²) >= 11 is 0. The molecule has 1 atom stereocenters. The van der Waals surface area contributed by atoms with Gasteiger partial charge in [0, 0.05) is 18.5 Å². The van der Waals surface area contributed by atoms with Crippen LogP contribution in [0.4, 0.5) is 10.1 Å². The summed E-state index contributed by atoms with van der Waals surface area (Å²) in [4.78, 5) is 37.8. The van der Waals surface area contributed by atoms with Crippen molar-refractivity contribution in [3.63, 3.8) is 0 Å². The number of Topliss-reactive ketones (excluding diaryl/α,β-unsaturated/α-hetero) is 1. The fraction of sp³-hybridized carbons (Fsp3) is 0.286. The molecule has 0 N–H and O–H groups in total. The van der Waals surface area contributed by atoms with E-state index in [0.29, 0.717) is 17.9 Å². The number of carbonyl (C=O) groups is 3. The third-order valence-electron chi connectivity index (χ3n) is 4.43. The normalized spacial score (nSPS) is 16.1. The molecule has 0 unspecified atom stereocenters. The largest absolute Gasteiger partial charge is 0.494 e. The number of esters is 1. The number of ketones is 1. The van der Waals surface area contributed by atoms with Crippen LogP contribution in [0.2, 0.25) is 0 Å². The van der Waals surface area contributed by atoms with Crippen molar-refractivity contribution in [1.82, 2.24) is 0 Å². The molecule has 1 aliphatic heterocycles. The summed E-state index contributed by atoms with van der Waals surface area (Å²) in [6.07, 6.45) is -0.0790. The maximum Gasteiger partial charge on any atom is 0.311 e. The van der Waals surface area contributed by atoms with E-state index in [0.717, 1.165) is 0 Å². The van der Waals surface area contributed by atoms with Crippen molar-refractivity contribution in [3.05, 3.63) is 59.9 Å². The van der Waals surface area contributed by atoms with Gasteiger partial charge in [0.15, 0.2) is 12.4 Å². The fourth-order valence-corrected chi connectivity index (χ4v) is 3.01. The van der Waals surface area contributed by atoms with Crippen molar-refractivity contribution in [1.29, 1.82) is 0 Å². The summed E-state index contributed by atoms with van der Waals surface area (Å²) in [6, 6.07) is 12.4. The Kier molecular flexibility index (Phi) is 6.03. The van der Waals surface area contributed by atoms with Gasteiger partial charge in [0.25, 0.3) is 0 Å². The first-order valence-electron chi connectivity index (χ1n) is 8.97. The van der Waals surface area contributed by atoms with Crippen LogP contribution in [0, 0.1) is 11.7 Å². The van der Waals surface area contributed by atoms with Crippen molar-refractivity contribution in [2.45, 2.75) is 13.3 Å². The smallest absolute Gasteiger partial charge is 0.311 e. The lowest BCUT2D eigenvalue weighted by Gasteiger charge is -2.17. The first-order chi connectivity index (χ1) is 13.5. The van der Waals surface area contributed by atoms with Crippen molar-refractivity contribution in [2.24, 2.45) is 5.92 Å². The van der Waals surface area contributed by atoms with Crippen molar-refractivity contribution in [2.75, 3.05) is 24.7 Å². The number of nitrogens with zero attached hydrogens (tertiary/aromatic N) is 1. The molecule has 1 heterocycles. The first-order valence-corrected chi connectivity index (χ1v) is 8.97. The highest BCUT2D eigenvalue weighted by atomic mass is 19.1. The van der Waals surface area contributed by atoms with Gasteiger partial charge in [0.05, 0.1) is 18.2 Å². The molecule has 0 bridgehead atoms.